The number of carbonyl (C=O) groups excluding carboxylic acids is 2. The summed E-state index contributed by atoms with van der Waals surface area (Å²) in [4.78, 5) is 26.2. The second-order valence-corrected chi connectivity index (χ2v) is 8.12. The SMILES string of the molecule is CCN(c1cc(Cl)cc(C(=O)NC/C(C=O)=C(\C)N)c1C)C1CCCCC1.CNC. The summed E-state index contributed by atoms with van der Waals surface area (Å²) < 4.78 is 0. The second kappa shape index (κ2) is 13.3. The number of hydrogen-bond acceptors (Lipinski definition) is 5. The number of carbonyl (C=O) groups is 2. The van der Waals surface area contributed by atoms with Crippen molar-refractivity contribution in [2.75, 3.05) is 32.1 Å². The van der Waals surface area contributed by atoms with Crippen LogP contribution in [0.4, 0.5) is 5.69 Å². The predicted octanol–water partition coefficient (Wildman–Crippen LogP) is 3.80. The molecule has 1 aromatic carbocycles. The van der Waals surface area contributed by atoms with Gasteiger partial charge >= 0.3 is 0 Å². The maximum atomic E-state index is 12.7. The molecule has 1 aliphatic carbocycles. The third-order valence-electron chi connectivity index (χ3n) is 5.34. The van der Waals surface area contributed by atoms with Gasteiger partial charge in [-0.25, -0.2) is 0 Å². The van der Waals surface area contributed by atoms with Crippen molar-refractivity contribution in [3.05, 3.63) is 39.6 Å². The number of nitrogens with one attached hydrogen (secondary N) is 2. The van der Waals surface area contributed by atoms with Gasteiger partial charge in [0.05, 0.1) is 0 Å². The first kappa shape index (κ1) is 26.0. The molecule has 0 aliphatic heterocycles. The molecule has 4 N–H and O–H groups in total. The fourth-order valence-electron chi connectivity index (χ4n) is 3.76. The van der Waals surface area contributed by atoms with Crippen LogP contribution in [0.3, 0.4) is 0 Å². The van der Waals surface area contributed by atoms with E-state index in [4.69, 9.17) is 17.3 Å². The monoisotopic (exact) mass is 436 g/mol. The number of hydrogen-bond donors (Lipinski definition) is 3. The zero-order valence-corrected chi connectivity index (χ0v) is 19.7. The largest absolute Gasteiger partial charge is 0.402 e. The van der Waals surface area contributed by atoms with E-state index in [2.05, 4.69) is 22.5 Å². The summed E-state index contributed by atoms with van der Waals surface area (Å²) in [5.74, 6) is -0.253. The van der Waals surface area contributed by atoms with Gasteiger partial charge in [0.2, 0.25) is 0 Å². The van der Waals surface area contributed by atoms with Crippen LogP contribution < -0.4 is 21.3 Å². The summed E-state index contributed by atoms with van der Waals surface area (Å²) in [5, 5.41) is 6.07. The lowest BCUT2D eigenvalue weighted by Crippen LogP contribution is -2.37. The van der Waals surface area contributed by atoms with E-state index in [1.54, 1.807) is 13.0 Å². The van der Waals surface area contributed by atoms with Crippen molar-refractivity contribution in [2.24, 2.45) is 5.73 Å². The minimum Gasteiger partial charge on any atom is -0.402 e. The van der Waals surface area contributed by atoms with Crippen LogP contribution in [-0.2, 0) is 4.79 Å². The minimum absolute atomic E-state index is 0.103. The molecule has 1 aromatic rings. The lowest BCUT2D eigenvalue weighted by Gasteiger charge is -2.36. The number of allylic oxidation sites excluding steroid dienone is 1. The Labute approximate surface area is 186 Å². The number of nitrogens with zero attached hydrogens (tertiary/aromatic N) is 1. The van der Waals surface area contributed by atoms with E-state index in [1.165, 1.54) is 32.1 Å². The highest BCUT2D eigenvalue weighted by Crippen LogP contribution is 2.33. The Balaban J connectivity index is 0.00000141. The molecule has 0 spiro atoms. The molecule has 1 saturated carbocycles. The van der Waals surface area contributed by atoms with Gasteiger partial charge in [0, 0.05) is 46.7 Å². The van der Waals surface area contributed by atoms with Gasteiger partial charge in [-0.1, -0.05) is 30.9 Å². The van der Waals surface area contributed by atoms with E-state index in [0.717, 1.165) is 17.8 Å². The van der Waals surface area contributed by atoms with E-state index in [0.29, 0.717) is 34.2 Å². The van der Waals surface area contributed by atoms with Crippen LogP contribution in [0.5, 0.6) is 0 Å². The summed E-state index contributed by atoms with van der Waals surface area (Å²) in [6, 6.07) is 4.12. The van der Waals surface area contributed by atoms with Crippen molar-refractivity contribution in [1.82, 2.24) is 10.6 Å². The molecule has 0 heterocycles. The standard InChI is InChI=1S/C21H30ClN3O2.C2H7N/c1-4-25(18-8-6-5-7-9-18)20-11-17(22)10-19(14(20)2)21(27)24-12-16(13-26)15(3)23;1-3-2/h10-11,13,18H,4-9,12,23H2,1-3H3,(H,24,27);3H,1-2H3/b16-15-;. The maximum Gasteiger partial charge on any atom is 0.251 e. The number of aldehydes is 1. The summed E-state index contributed by atoms with van der Waals surface area (Å²) >= 11 is 6.35. The van der Waals surface area contributed by atoms with Crippen molar-refractivity contribution < 1.29 is 9.59 Å². The fourth-order valence-corrected chi connectivity index (χ4v) is 3.97. The lowest BCUT2D eigenvalue weighted by atomic mass is 9.93. The first-order valence-corrected chi connectivity index (χ1v) is 11.0. The number of halogens is 1. The van der Waals surface area contributed by atoms with Crippen LogP contribution in [-0.4, -0.2) is 45.4 Å². The molecule has 2 rings (SSSR count). The number of rotatable bonds is 7. The van der Waals surface area contributed by atoms with Crippen LogP contribution in [0.2, 0.25) is 5.02 Å². The third-order valence-corrected chi connectivity index (χ3v) is 5.56. The molecule has 0 radical (unpaired) electrons. The minimum atomic E-state index is -0.253. The summed E-state index contributed by atoms with van der Waals surface area (Å²) in [6.45, 7) is 6.71. The van der Waals surface area contributed by atoms with Crippen molar-refractivity contribution in [2.45, 2.75) is 58.9 Å². The number of benzene rings is 1. The Hall–Kier alpha value is -2.05. The molecule has 30 heavy (non-hydrogen) atoms. The Morgan fingerprint density at radius 3 is 2.37 bits per heavy atom. The molecule has 6 nitrogen and oxygen atoms in total. The van der Waals surface area contributed by atoms with Gasteiger partial charge in [0.25, 0.3) is 5.91 Å². The van der Waals surface area contributed by atoms with Crippen molar-refractivity contribution in [1.29, 1.82) is 0 Å². The van der Waals surface area contributed by atoms with Crippen LogP contribution in [0.15, 0.2) is 23.4 Å². The van der Waals surface area contributed by atoms with Crippen molar-refractivity contribution in [3.63, 3.8) is 0 Å². The van der Waals surface area contributed by atoms with Gasteiger partial charge in [-0.3, -0.25) is 9.59 Å². The molecular formula is C23H37ClN4O2. The zero-order chi connectivity index (χ0) is 22.7. The lowest BCUT2D eigenvalue weighted by molar-refractivity contribution is -0.105. The average molecular weight is 437 g/mol. The summed E-state index contributed by atoms with van der Waals surface area (Å²) in [5.41, 5.74) is 8.90. The quantitative estimate of drug-likeness (QED) is 0.447. The number of nitrogens with two attached hydrogens (primary N) is 1. The molecule has 0 bridgehead atoms. The molecular weight excluding hydrogens is 400 g/mol. The molecule has 1 aliphatic rings. The number of amides is 1. The molecule has 168 valence electrons. The first-order valence-electron chi connectivity index (χ1n) is 10.6. The van der Waals surface area contributed by atoms with Gasteiger partial charge in [-0.15, -0.1) is 0 Å². The predicted molar refractivity (Wildman–Crippen MR) is 126 cm³/mol. The summed E-state index contributed by atoms with van der Waals surface area (Å²) in [6.07, 6.45) is 6.80. The van der Waals surface area contributed by atoms with E-state index < -0.39 is 0 Å². The Bertz CT molecular complexity index is 739. The summed E-state index contributed by atoms with van der Waals surface area (Å²) in [7, 11) is 3.75. The topological polar surface area (TPSA) is 87.5 Å². The number of anilines is 1. The van der Waals surface area contributed by atoms with Crippen LogP contribution in [0.1, 0.15) is 61.9 Å². The van der Waals surface area contributed by atoms with Crippen molar-refractivity contribution in [3.8, 4) is 0 Å². The maximum absolute atomic E-state index is 12.7. The van der Waals surface area contributed by atoms with Gasteiger partial charge in [0.1, 0.15) is 6.29 Å². The molecule has 0 atom stereocenters. The second-order valence-electron chi connectivity index (χ2n) is 7.68. The van der Waals surface area contributed by atoms with Crippen LogP contribution in [0.25, 0.3) is 0 Å². The average Bonchev–Trinajstić information content (AvgIpc) is 2.72. The highest BCUT2D eigenvalue weighted by atomic mass is 35.5. The fraction of sp³-hybridized carbons (Fsp3) is 0.565. The molecule has 1 amide bonds. The molecule has 0 aromatic heterocycles. The Morgan fingerprint density at radius 1 is 1.27 bits per heavy atom. The normalized spacial score (nSPS) is 14.9. The van der Waals surface area contributed by atoms with Crippen LogP contribution in [0, 0.1) is 6.92 Å². The van der Waals surface area contributed by atoms with E-state index in [-0.39, 0.29) is 12.5 Å². The molecule has 0 unspecified atom stereocenters. The highest BCUT2D eigenvalue weighted by Gasteiger charge is 2.24. The van der Waals surface area contributed by atoms with Crippen LogP contribution >= 0.6 is 11.6 Å². The van der Waals surface area contributed by atoms with Crippen molar-refractivity contribution >= 4 is 29.5 Å². The molecule has 1 fully saturated rings. The van der Waals surface area contributed by atoms with Gasteiger partial charge in [-0.2, -0.15) is 0 Å². The van der Waals surface area contributed by atoms with E-state index in [1.807, 2.05) is 27.1 Å². The third kappa shape index (κ3) is 7.33. The van der Waals surface area contributed by atoms with Gasteiger partial charge in [-0.05, 0) is 65.4 Å². The highest BCUT2D eigenvalue weighted by molar-refractivity contribution is 6.31. The molecule has 7 heteroatoms. The zero-order valence-electron chi connectivity index (χ0n) is 19.0. The Kier molecular flexibility index (Phi) is 11.5. The smallest absolute Gasteiger partial charge is 0.251 e. The van der Waals surface area contributed by atoms with Gasteiger partial charge < -0.3 is 21.3 Å². The molecule has 0 saturated heterocycles. The van der Waals surface area contributed by atoms with Gasteiger partial charge in [0.15, 0.2) is 0 Å². The Morgan fingerprint density at radius 2 is 1.87 bits per heavy atom. The first-order chi connectivity index (χ1) is 14.3. The van der Waals surface area contributed by atoms with E-state index in [9.17, 15) is 9.59 Å². The van der Waals surface area contributed by atoms with E-state index >= 15 is 0 Å².